The quantitative estimate of drug-likeness (QED) is 0.236. The highest BCUT2D eigenvalue weighted by molar-refractivity contribution is 5.95. The lowest BCUT2D eigenvalue weighted by Crippen LogP contribution is -2.25. The average Bonchev–Trinajstić information content (AvgIpc) is 2.95. The molecule has 0 fully saturated rings. The number of nitrogens with one attached hydrogen (secondary N) is 2. The Morgan fingerprint density at radius 3 is 1.11 bits per heavy atom. The Morgan fingerprint density at radius 2 is 0.750 bits per heavy atom. The Hall–Kier alpha value is -4.18. The van der Waals surface area contributed by atoms with Gasteiger partial charge in [-0.15, -0.1) is 0 Å². The van der Waals surface area contributed by atoms with Crippen LogP contribution in [-0.4, -0.2) is 24.9 Å². The van der Waals surface area contributed by atoms with E-state index in [9.17, 15) is 9.59 Å². The van der Waals surface area contributed by atoms with Crippen molar-refractivity contribution in [3.8, 4) is 22.3 Å². The fourth-order valence-corrected chi connectivity index (χ4v) is 4.10. The largest absolute Gasteiger partial charge is 0.352 e. The molecule has 0 bridgehead atoms. The number of hydrogen-bond acceptors (Lipinski definition) is 2. The van der Waals surface area contributed by atoms with Crippen LogP contribution in [-0.2, 0) is 0 Å². The zero-order chi connectivity index (χ0) is 25.0. The van der Waals surface area contributed by atoms with Crippen molar-refractivity contribution in [2.45, 2.75) is 25.7 Å². The second kappa shape index (κ2) is 13.1. The van der Waals surface area contributed by atoms with Crippen LogP contribution in [0.3, 0.4) is 0 Å². The van der Waals surface area contributed by atoms with Crippen molar-refractivity contribution in [1.82, 2.24) is 10.6 Å². The summed E-state index contributed by atoms with van der Waals surface area (Å²) in [6, 6.07) is 35.7. The predicted octanol–water partition coefficient (Wildman–Crippen LogP) is 6.74. The minimum Gasteiger partial charge on any atom is -0.352 e. The van der Waals surface area contributed by atoms with Gasteiger partial charge < -0.3 is 10.6 Å². The third kappa shape index (κ3) is 7.16. The van der Waals surface area contributed by atoms with Gasteiger partial charge in [0, 0.05) is 24.2 Å². The standard InChI is InChI=1S/C32H32N2O2/c35-31(29-19-15-27(16-20-29)25-11-5-3-6-12-25)33-23-9-1-2-10-24-34-32(36)30-21-17-28(18-22-30)26-13-7-4-8-14-26/h3-8,11-22H,1-2,9-10,23-24H2,(H,33,35)(H,34,36). The summed E-state index contributed by atoms with van der Waals surface area (Å²) in [4.78, 5) is 24.8. The number of rotatable bonds is 11. The van der Waals surface area contributed by atoms with Crippen molar-refractivity contribution < 1.29 is 9.59 Å². The van der Waals surface area contributed by atoms with E-state index < -0.39 is 0 Å². The van der Waals surface area contributed by atoms with Crippen LogP contribution < -0.4 is 10.6 Å². The zero-order valence-corrected chi connectivity index (χ0v) is 20.5. The average molecular weight is 477 g/mol. The highest BCUT2D eigenvalue weighted by atomic mass is 16.2. The van der Waals surface area contributed by atoms with Crippen LogP contribution in [0, 0.1) is 0 Å². The Labute approximate surface area is 213 Å². The van der Waals surface area contributed by atoms with Gasteiger partial charge in [0.1, 0.15) is 0 Å². The van der Waals surface area contributed by atoms with Gasteiger partial charge in [0.05, 0.1) is 0 Å². The first kappa shape index (κ1) is 24.9. The lowest BCUT2D eigenvalue weighted by molar-refractivity contribution is 0.0943. The van der Waals surface area contributed by atoms with Crippen molar-refractivity contribution in [3.63, 3.8) is 0 Å². The Kier molecular flexibility index (Phi) is 9.04. The SMILES string of the molecule is O=C(NCCCCCCNC(=O)c1ccc(-c2ccccc2)cc1)c1ccc(-c2ccccc2)cc1. The van der Waals surface area contributed by atoms with E-state index in [0.29, 0.717) is 24.2 Å². The summed E-state index contributed by atoms with van der Waals surface area (Å²) in [7, 11) is 0. The molecule has 4 nitrogen and oxygen atoms in total. The second-order valence-electron chi connectivity index (χ2n) is 8.81. The molecule has 0 aromatic heterocycles. The van der Waals surface area contributed by atoms with Crippen LogP contribution in [0.15, 0.2) is 109 Å². The summed E-state index contributed by atoms with van der Waals surface area (Å²) >= 11 is 0. The molecular formula is C32H32N2O2. The third-order valence-corrected chi connectivity index (χ3v) is 6.18. The molecule has 0 aliphatic heterocycles. The first-order chi connectivity index (χ1) is 17.7. The smallest absolute Gasteiger partial charge is 0.251 e. The molecule has 0 radical (unpaired) electrons. The fourth-order valence-electron chi connectivity index (χ4n) is 4.10. The molecule has 2 N–H and O–H groups in total. The van der Waals surface area contributed by atoms with Gasteiger partial charge in [-0.25, -0.2) is 0 Å². The van der Waals surface area contributed by atoms with Crippen LogP contribution >= 0.6 is 0 Å². The van der Waals surface area contributed by atoms with E-state index in [1.165, 1.54) is 0 Å². The zero-order valence-electron chi connectivity index (χ0n) is 20.5. The van der Waals surface area contributed by atoms with Gasteiger partial charge in [-0.1, -0.05) is 97.8 Å². The number of carbonyl (C=O) groups excluding carboxylic acids is 2. The van der Waals surface area contributed by atoms with E-state index in [2.05, 4.69) is 34.9 Å². The first-order valence-electron chi connectivity index (χ1n) is 12.6. The summed E-state index contributed by atoms with van der Waals surface area (Å²) in [5.41, 5.74) is 5.83. The van der Waals surface area contributed by atoms with Gasteiger partial charge in [-0.3, -0.25) is 9.59 Å². The number of benzene rings is 4. The molecule has 0 saturated carbocycles. The molecule has 4 aromatic carbocycles. The molecular weight excluding hydrogens is 444 g/mol. The minimum absolute atomic E-state index is 0.0415. The number of unbranched alkanes of at least 4 members (excludes halogenated alkanes) is 3. The molecule has 0 aliphatic rings. The lowest BCUT2D eigenvalue weighted by Gasteiger charge is -2.08. The highest BCUT2D eigenvalue weighted by Crippen LogP contribution is 2.20. The number of amides is 2. The molecule has 36 heavy (non-hydrogen) atoms. The maximum Gasteiger partial charge on any atom is 0.251 e. The van der Waals surface area contributed by atoms with Crippen LogP contribution in [0.5, 0.6) is 0 Å². The summed E-state index contributed by atoms with van der Waals surface area (Å²) in [5, 5.41) is 5.99. The monoisotopic (exact) mass is 476 g/mol. The van der Waals surface area contributed by atoms with Crippen molar-refractivity contribution in [1.29, 1.82) is 0 Å². The number of hydrogen-bond donors (Lipinski definition) is 2. The van der Waals surface area contributed by atoms with Crippen LogP contribution in [0.1, 0.15) is 46.4 Å². The summed E-state index contributed by atoms with van der Waals surface area (Å²) in [5.74, 6) is -0.0830. The van der Waals surface area contributed by atoms with E-state index in [0.717, 1.165) is 47.9 Å². The van der Waals surface area contributed by atoms with E-state index in [1.807, 2.05) is 84.9 Å². The normalized spacial score (nSPS) is 10.6. The summed E-state index contributed by atoms with van der Waals surface area (Å²) in [6.07, 6.45) is 3.86. The highest BCUT2D eigenvalue weighted by Gasteiger charge is 2.07. The molecule has 4 rings (SSSR count). The molecule has 2 amide bonds. The topological polar surface area (TPSA) is 58.2 Å². The van der Waals surface area contributed by atoms with E-state index in [4.69, 9.17) is 0 Å². The molecule has 0 aliphatic carbocycles. The van der Waals surface area contributed by atoms with Gasteiger partial charge in [-0.05, 0) is 59.4 Å². The van der Waals surface area contributed by atoms with Gasteiger partial charge in [0.2, 0.25) is 0 Å². The molecule has 0 spiro atoms. The van der Waals surface area contributed by atoms with Crippen molar-refractivity contribution in [2.75, 3.05) is 13.1 Å². The van der Waals surface area contributed by atoms with Gasteiger partial charge >= 0.3 is 0 Å². The van der Waals surface area contributed by atoms with E-state index >= 15 is 0 Å². The summed E-state index contributed by atoms with van der Waals surface area (Å²) < 4.78 is 0. The number of carbonyl (C=O) groups is 2. The van der Waals surface area contributed by atoms with Crippen molar-refractivity contribution >= 4 is 11.8 Å². The molecule has 4 heteroatoms. The van der Waals surface area contributed by atoms with Crippen molar-refractivity contribution in [3.05, 3.63) is 120 Å². The van der Waals surface area contributed by atoms with Crippen LogP contribution in [0.2, 0.25) is 0 Å². The van der Waals surface area contributed by atoms with Gasteiger partial charge in [-0.2, -0.15) is 0 Å². The molecule has 0 heterocycles. The Bertz CT molecular complexity index is 1130. The van der Waals surface area contributed by atoms with Gasteiger partial charge in [0.25, 0.3) is 11.8 Å². The minimum atomic E-state index is -0.0415. The molecule has 182 valence electrons. The fraction of sp³-hybridized carbons (Fsp3) is 0.188. The van der Waals surface area contributed by atoms with Gasteiger partial charge in [0.15, 0.2) is 0 Å². The van der Waals surface area contributed by atoms with Crippen LogP contribution in [0.4, 0.5) is 0 Å². The van der Waals surface area contributed by atoms with Crippen molar-refractivity contribution in [2.24, 2.45) is 0 Å². The molecule has 0 saturated heterocycles. The Morgan fingerprint density at radius 1 is 0.417 bits per heavy atom. The molecule has 0 unspecified atom stereocenters. The second-order valence-corrected chi connectivity index (χ2v) is 8.81. The van der Waals surface area contributed by atoms with E-state index in [1.54, 1.807) is 0 Å². The summed E-state index contributed by atoms with van der Waals surface area (Å²) in [6.45, 7) is 1.30. The Balaban J connectivity index is 1.08. The predicted molar refractivity (Wildman–Crippen MR) is 147 cm³/mol. The molecule has 0 atom stereocenters. The van der Waals surface area contributed by atoms with Crippen LogP contribution in [0.25, 0.3) is 22.3 Å². The van der Waals surface area contributed by atoms with E-state index in [-0.39, 0.29) is 11.8 Å². The third-order valence-electron chi connectivity index (χ3n) is 6.18. The lowest BCUT2D eigenvalue weighted by atomic mass is 10.0. The maximum atomic E-state index is 12.4. The molecule has 4 aromatic rings. The first-order valence-corrected chi connectivity index (χ1v) is 12.6. The maximum absolute atomic E-state index is 12.4.